The van der Waals surface area contributed by atoms with Gasteiger partial charge in [0.1, 0.15) is 5.52 Å². The molecule has 5 nitrogen and oxygen atoms in total. The second-order valence-corrected chi connectivity index (χ2v) is 5.17. The number of nitrogens with zero attached hydrogens (tertiary/aromatic N) is 3. The third-order valence-electron chi connectivity index (χ3n) is 3.08. The highest BCUT2D eigenvalue weighted by molar-refractivity contribution is 6.28. The van der Waals surface area contributed by atoms with Crippen LogP contribution in [-0.4, -0.2) is 26.0 Å². The summed E-state index contributed by atoms with van der Waals surface area (Å²) in [6, 6.07) is 0.449. The molecule has 2 aromatic rings. The number of halogens is 1. The SMILES string of the molecule is CC1(C)CC1Nc1nc(Cl)nc2nc[nH]c12. The number of H-pyrrole nitrogens is 1. The Bertz CT molecular complexity index is 547. The molecular weight excluding hydrogens is 226 g/mol. The van der Waals surface area contributed by atoms with E-state index in [4.69, 9.17) is 11.6 Å². The molecular formula is C10H12ClN5. The molecule has 16 heavy (non-hydrogen) atoms. The number of nitrogens with one attached hydrogen (secondary N) is 2. The number of aromatic nitrogens is 4. The van der Waals surface area contributed by atoms with Crippen molar-refractivity contribution in [3.63, 3.8) is 0 Å². The van der Waals surface area contributed by atoms with Crippen molar-refractivity contribution in [3.05, 3.63) is 11.6 Å². The fraction of sp³-hybridized carbons (Fsp3) is 0.500. The Morgan fingerprint density at radius 2 is 2.25 bits per heavy atom. The number of anilines is 1. The van der Waals surface area contributed by atoms with Crippen LogP contribution in [-0.2, 0) is 0 Å². The van der Waals surface area contributed by atoms with Crippen molar-refractivity contribution in [2.24, 2.45) is 5.41 Å². The number of rotatable bonds is 2. The Labute approximate surface area is 97.7 Å². The smallest absolute Gasteiger partial charge is 0.226 e. The van der Waals surface area contributed by atoms with Crippen LogP contribution in [0.1, 0.15) is 20.3 Å². The van der Waals surface area contributed by atoms with Gasteiger partial charge in [-0.3, -0.25) is 0 Å². The highest BCUT2D eigenvalue weighted by atomic mass is 35.5. The van der Waals surface area contributed by atoms with E-state index in [2.05, 4.69) is 39.1 Å². The summed E-state index contributed by atoms with van der Waals surface area (Å²) < 4.78 is 0. The molecule has 0 bridgehead atoms. The van der Waals surface area contributed by atoms with Crippen LogP contribution in [0.3, 0.4) is 0 Å². The zero-order valence-electron chi connectivity index (χ0n) is 9.08. The van der Waals surface area contributed by atoms with Crippen LogP contribution in [0.4, 0.5) is 5.82 Å². The van der Waals surface area contributed by atoms with Crippen LogP contribution >= 0.6 is 11.6 Å². The van der Waals surface area contributed by atoms with Crippen LogP contribution in [0.5, 0.6) is 0 Å². The summed E-state index contributed by atoms with van der Waals surface area (Å²) >= 11 is 5.84. The van der Waals surface area contributed by atoms with Crippen molar-refractivity contribution in [2.75, 3.05) is 5.32 Å². The Morgan fingerprint density at radius 3 is 2.94 bits per heavy atom. The lowest BCUT2D eigenvalue weighted by atomic mass is 10.2. The van der Waals surface area contributed by atoms with E-state index in [1.54, 1.807) is 6.33 Å². The van der Waals surface area contributed by atoms with Gasteiger partial charge in [0.2, 0.25) is 5.28 Å². The number of fused-ring (bicyclic) bond motifs is 1. The predicted molar refractivity (Wildman–Crippen MR) is 62.5 cm³/mol. The summed E-state index contributed by atoms with van der Waals surface area (Å²) in [6.45, 7) is 4.44. The third-order valence-corrected chi connectivity index (χ3v) is 3.25. The molecule has 3 rings (SSSR count). The van der Waals surface area contributed by atoms with Gasteiger partial charge in [0, 0.05) is 6.04 Å². The van der Waals surface area contributed by atoms with Crippen LogP contribution < -0.4 is 5.32 Å². The maximum absolute atomic E-state index is 5.84. The van der Waals surface area contributed by atoms with E-state index in [-0.39, 0.29) is 5.28 Å². The van der Waals surface area contributed by atoms with Crippen molar-refractivity contribution in [1.29, 1.82) is 0 Å². The van der Waals surface area contributed by atoms with Gasteiger partial charge in [0.05, 0.1) is 6.33 Å². The lowest BCUT2D eigenvalue weighted by Gasteiger charge is -2.07. The van der Waals surface area contributed by atoms with Crippen molar-refractivity contribution in [2.45, 2.75) is 26.3 Å². The summed E-state index contributed by atoms with van der Waals surface area (Å²) in [5, 5.41) is 3.59. The lowest BCUT2D eigenvalue weighted by molar-refractivity contribution is 0.630. The van der Waals surface area contributed by atoms with Crippen LogP contribution in [0, 0.1) is 5.41 Å². The third kappa shape index (κ3) is 1.51. The van der Waals surface area contributed by atoms with Gasteiger partial charge in [-0.05, 0) is 23.4 Å². The van der Waals surface area contributed by atoms with E-state index < -0.39 is 0 Å². The van der Waals surface area contributed by atoms with Crippen molar-refractivity contribution in [1.82, 2.24) is 19.9 Å². The number of aromatic amines is 1. The Hall–Kier alpha value is -1.36. The van der Waals surface area contributed by atoms with E-state index in [0.717, 1.165) is 17.8 Å². The molecule has 2 heterocycles. The molecule has 0 aliphatic heterocycles. The fourth-order valence-electron chi connectivity index (χ4n) is 1.79. The van der Waals surface area contributed by atoms with E-state index in [1.165, 1.54) is 0 Å². The van der Waals surface area contributed by atoms with Gasteiger partial charge < -0.3 is 10.3 Å². The molecule has 6 heteroatoms. The first-order valence-corrected chi connectivity index (χ1v) is 5.57. The first kappa shape index (κ1) is 9.84. The Balaban J connectivity index is 1.99. The summed E-state index contributed by atoms with van der Waals surface area (Å²) in [7, 11) is 0. The summed E-state index contributed by atoms with van der Waals surface area (Å²) in [5.41, 5.74) is 1.75. The topological polar surface area (TPSA) is 66.5 Å². The molecule has 2 N–H and O–H groups in total. The molecule has 0 radical (unpaired) electrons. The highest BCUT2D eigenvalue weighted by Crippen LogP contribution is 2.46. The standard InChI is InChI=1S/C10H12ClN5/c1-10(2)3-5(10)14-8-6-7(13-4-12-6)15-9(11)16-8/h4-5H,3H2,1-2H3,(H2,12,13,14,15,16). The molecule has 2 aromatic heterocycles. The maximum atomic E-state index is 5.84. The molecule has 1 saturated carbocycles. The first-order valence-electron chi connectivity index (χ1n) is 5.19. The van der Waals surface area contributed by atoms with Gasteiger partial charge in [0.15, 0.2) is 11.5 Å². The van der Waals surface area contributed by atoms with Gasteiger partial charge in [-0.25, -0.2) is 4.98 Å². The average molecular weight is 238 g/mol. The number of hydrogen-bond acceptors (Lipinski definition) is 4. The maximum Gasteiger partial charge on any atom is 0.226 e. The van der Waals surface area contributed by atoms with Crippen LogP contribution in [0.15, 0.2) is 6.33 Å². The van der Waals surface area contributed by atoms with Crippen LogP contribution in [0.2, 0.25) is 5.28 Å². The zero-order valence-corrected chi connectivity index (χ0v) is 9.84. The van der Waals surface area contributed by atoms with E-state index >= 15 is 0 Å². The first-order chi connectivity index (χ1) is 7.56. The minimum atomic E-state index is 0.223. The molecule has 84 valence electrons. The van der Waals surface area contributed by atoms with Crippen molar-refractivity contribution >= 4 is 28.6 Å². The lowest BCUT2D eigenvalue weighted by Crippen LogP contribution is -2.10. The molecule has 1 unspecified atom stereocenters. The molecule has 0 aromatic carbocycles. The van der Waals surface area contributed by atoms with Gasteiger partial charge in [-0.15, -0.1) is 0 Å². The molecule has 1 fully saturated rings. The fourth-order valence-corrected chi connectivity index (χ4v) is 1.95. The van der Waals surface area contributed by atoms with E-state index in [1.807, 2.05) is 0 Å². The molecule has 0 saturated heterocycles. The van der Waals surface area contributed by atoms with Gasteiger partial charge >= 0.3 is 0 Å². The molecule has 0 spiro atoms. The predicted octanol–water partition coefficient (Wildman–Crippen LogP) is 2.22. The molecule has 0 amide bonds. The molecule has 1 atom stereocenters. The molecule has 1 aliphatic rings. The second kappa shape index (κ2) is 3.07. The van der Waals surface area contributed by atoms with E-state index in [9.17, 15) is 0 Å². The van der Waals surface area contributed by atoms with Crippen LogP contribution in [0.25, 0.3) is 11.2 Å². The van der Waals surface area contributed by atoms with Crippen molar-refractivity contribution < 1.29 is 0 Å². The van der Waals surface area contributed by atoms with Gasteiger partial charge in [-0.2, -0.15) is 9.97 Å². The highest BCUT2D eigenvalue weighted by Gasteiger charge is 2.46. The van der Waals surface area contributed by atoms with Gasteiger partial charge in [0.25, 0.3) is 0 Å². The van der Waals surface area contributed by atoms with Crippen molar-refractivity contribution in [3.8, 4) is 0 Å². The molecule has 1 aliphatic carbocycles. The quantitative estimate of drug-likeness (QED) is 0.786. The largest absolute Gasteiger partial charge is 0.365 e. The summed E-state index contributed by atoms with van der Waals surface area (Å²) in [5.74, 6) is 0.739. The minimum absolute atomic E-state index is 0.223. The number of hydrogen-bond donors (Lipinski definition) is 2. The zero-order chi connectivity index (χ0) is 11.3. The van der Waals surface area contributed by atoms with E-state index in [0.29, 0.717) is 17.1 Å². The second-order valence-electron chi connectivity index (χ2n) is 4.83. The normalized spacial score (nSPS) is 22.3. The Kier molecular flexibility index (Phi) is 1.89. The monoisotopic (exact) mass is 237 g/mol. The summed E-state index contributed by atoms with van der Waals surface area (Å²) in [4.78, 5) is 15.3. The Morgan fingerprint density at radius 1 is 1.50 bits per heavy atom. The van der Waals surface area contributed by atoms with Gasteiger partial charge in [-0.1, -0.05) is 13.8 Å². The minimum Gasteiger partial charge on any atom is -0.365 e. The summed E-state index contributed by atoms with van der Waals surface area (Å²) in [6.07, 6.45) is 2.74. The average Bonchev–Trinajstić information content (AvgIpc) is 2.63. The number of imidazole rings is 1.